The number of hydrogen-bond donors (Lipinski definition) is 1. The summed E-state index contributed by atoms with van der Waals surface area (Å²) >= 11 is 3.03. The van der Waals surface area contributed by atoms with Crippen LogP contribution in [0.15, 0.2) is 4.99 Å². The second-order valence-corrected chi connectivity index (χ2v) is 9.29. The van der Waals surface area contributed by atoms with E-state index in [9.17, 15) is 17.8 Å². The lowest BCUT2D eigenvalue weighted by Crippen LogP contribution is -2.46. The third kappa shape index (κ3) is 2.66. The smallest absolute Gasteiger partial charge is 0.278 e. The van der Waals surface area contributed by atoms with Crippen molar-refractivity contribution in [2.45, 2.75) is 37.3 Å². The molecule has 1 heterocycles. The average molecular weight is 382 g/mol. The summed E-state index contributed by atoms with van der Waals surface area (Å²) in [4.78, 5) is 15.8. The number of nitrogens with zero attached hydrogens (tertiary/aromatic N) is 1. The van der Waals surface area contributed by atoms with Gasteiger partial charge >= 0.3 is 0 Å². The Hall–Kier alpha value is -0.470. The molecule has 3 rings (SSSR count). The van der Waals surface area contributed by atoms with Gasteiger partial charge in [-0.05, 0) is 24.2 Å². The normalized spacial score (nSPS) is 34.3. The van der Waals surface area contributed by atoms with Crippen molar-refractivity contribution >= 4 is 38.2 Å². The summed E-state index contributed by atoms with van der Waals surface area (Å²) in [6.07, 6.45) is 3.32. The van der Waals surface area contributed by atoms with E-state index >= 15 is 0 Å². The first kappa shape index (κ1) is 16.9. The summed E-state index contributed by atoms with van der Waals surface area (Å²) < 4.78 is 35.2. The first-order valence-electron chi connectivity index (χ1n) is 6.87. The van der Waals surface area contributed by atoms with Gasteiger partial charge in [0, 0.05) is 6.42 Å². The van der Waals surface area contributed by atoms with E-state index in [0.717, 1.165) is 19.6 Å². The standard InChI is InChI=1S/C10H15BrO4S.C3H5NO/c1-9(2)6-3-4-10(9,7(12)5-6)8(11)16(13,14)15;1-2-5-3-4-1/h6,8H,3-5H2,1-2H3,(H,13,14,15);3H,1-2H2/t6?,8-,10?;/m0./s1. The summed E-state index contributed by atoms with van der Waals surface area (Å²) in [5.74, 6) is 0.204. The van der Waals surface area contributed by atoms with E-state index in [2.05, 4.69) is 25.7 Å². The number of fused-ring (bicyclic) bond motifs is 2. The Morgan fingerprint density at radius 3 is 2.48 bits per heavy atom. The van der Waals surface area contributed by atoms with Gasteiger partial charge in [-0.3, -0.25) is 14.3 Å². The summed E-state index contributed by atoms with van der Waals surface area (Å²) in [5.41, 5.74) is -1.32. The van der Waals surface area contributed by atoms with Crippen LogP contribution in [0.1, 0.15) is 33.1 Å². The lowest BCUT2D eigenvalue weighted by molar-refractivity contribution is -0.128. The van der Waals surface area contributed by atoms with Gasteiger partial charge in [0.25, 0.3) is 10.1 Å². The van der Waals surface area contributed by atoms with Crippen LogP contribution in [0.25, 0.3) is 0 Å². The fourth-order valence-corrected chi connectivity index (χ4v) is 5.90. The van der Waals surface area contributed by atoms with Crippen molar-refractivity contribution < 1.29 is 22.5 Å². The molecule has 2 bridgehead atoms. The summed E-state index contributed by atoms with van der Waals surface area (Å²) in [7, 11) is -4.24. The molecule has 0 saturated heterocycles. The maximum atomic E-state index is 12.1. The van der Waals surface area contributed by atoms with Crippen LogP contribution in [0.3, 0.4) is 0 Å². The lowest BCUT2D eigenvalue weighted by Gasteiger charge is -2.38. The highest BCUT2D eigenvalue weighted by atomic mass is 79.9. The molecule has 120 valence electrons. The zero-order valence-electron chi connectivity index (χ0n) is 12.1. The molecular weight excluding hydrogens is 362 g/mol. The van der Waals surface area contributed by atoms with Crippen LogP contribution in [0.4, 0.5) is 0 Å². The van der Waals surface area contributed by atoms with E-state index in [4.69, 9.17) is 0 Å². The van der Waals surface area contributed by atoms with Gasteiger partial charge in [0.1, 0.15) is 12.4 Å². The topological polar surface area (TPSA) is 93.0 Å². The third-order valence-corrected chi connectivity index (χ3v) is 8.25. The van der Waals surface area contributed by atoms with Crippen LogP contribution in [0.2, 0.25) is 0 Å². The molecule has 2 saturated carbocycles. The number of ketones is 1. The molecule has 0 aromatic heterocycles. The Balaban J connectivity index is 0.000000272. The van der Waals surface area contributed by atoms with Gasteiger partial charge in [0.05, 0.1) is 12.0 Å². The second kappa shape index (κ2) is 5.62. The Morgan fingerprint density at radius 1 is 1.52 bits per heavy atom. The highest BCUT2D eigenvalue weighted by Crippen LogP contribution is 2.67. The molecular formula is C13H20BrNO5S. The number of ether oxygens (including phenoxy) is 1. The van der Waals surface area contributed by atoms with Crippen LogP contribution < -0.4 is 0 Å². The molecule has 1 N–H and O–H groups in total. The highest BCUT2D eigenvalue weighted by molar-refractivity contribution is 9.11. The second-order valence-electron chi connectivity index (χ2n) is 6.27. The molecule has 1 aliphatic heterocycles. The average Bonchev–Trinajstić information content (AvgIpc) is 3.05. The number of rotatable bonds is 2. The number of Topliss-reactive ketones (excluding diaryl/α,β-unsaturated/α-hetero) is 1. The first-order chi connectivity index (χ1) is 9.64. The molecule has 3 atom stereocenters. The van der Waals surface area contributed by atoms with Crippen molar-refractivity contribution in [3.63, 3.8) is 0 Å². The van der Waals surface area contributed by atoms with Gasteiger partial charge in [0.2, 0.25) is 0 Å². The third-order valence-electron chi connectivity index (χ3n) is 5.12. The summed E-state index contributed by atoms with van der Waals surface area (Å²) in [6, 6.07) is 0. The molecule has 0 aromatic rings. The highest BCUT2D eigenvalue weighted by Gasteiger charge is 2.69. The predicted octanol–water partition coefficient (Wildman–Crippen LogP) is 2.04. The number of carbonyl (C=O) groups is 1. The Morgan fingerprint density at radius 2 is 2.19 bits per heavy atom. The minimum absolute atomic E-state index is 0.0340. The van der Waals surface area contributed by atoms with Crippen molar-refractivity contribution in [1.82, 2.24) is 0 Å². The monoisotopic (exact) mass is 381 g/mol. The van der Waals surface area contributed by atoms with Gasteiger partial charge in [-0.25, -0.2) is 0 Å². The number of aliphatic imine (C=N–C) groups is 1. The van der Waals surface area contributed by atoms with E-state index in [1.807, 2.05) is 13.8 Å². The Kier molecular flexibility index (Phi) is 4.52. The lowest BCUT2D eigenvalue weighted by atomic mass is 9.70. The van der Waals surface area contributed by atoms with Crippen molar-refractivity contribution in [1.29, 1.82) is 0 Å². The minimum atomic E-state index is -4.24. The van der Waals surface area contributed by atoms with Crippen LogP contribution >= 0.6 is 15.9 Å². The van der Waals surface area contributed by atoms with Crippen LogP contribution in [-0.4, -0.2) is 42.5 Å². The molecule has 0 spiro atoms. The number of carbonyl (C=O) groups excluding carboxylic acids is 1. The first-order valence-corrected chi connectivity index (χ1v) is 9.29. The van der Waals surface area contributed by atoms with Gasteiger partial charge in [-0.15, -0.1) is 0 Å². The molecule has 21 heavy (non-hydrogen) atoms. The van der Waals surface area contributed by atoms with E-state index < -0.39 is 19.7 Å². The summed E-state index contributed by atoms with van der Waals surface area (Å²) in [5, 5.41) is 0. The van der Waals surface area contributed by atoms with Gasteiger partial charge < -0.3 is 4.74 Å². The zero-order chi connectivity index (χ0) is 15.9. The number of hydrogen-bond acceptors (Lipinski definition) is 5. The maximum Gasteiger partial charge on any atom is 0.278 e. The molecule has 0 amide bonds. The van der Waals surface area contributed by atoms with Crippen molar-refractivity contribution in [3.05, 3.63) is 0 Å². The molecule has 2 fully saturated rings. The Labute approximate surface area is 133 Å². The molecule has 0 aromatic carbocycles. The molecule has 0 radical (unpaired) electrons. The van der Waals surface area contributed by atoms with Gasteiger partial charge in [-0.2, -0.15) is 8.42 Å². The van der Waals surface area contributed by atoms with Crippen molar-refractivity contribution in [3.8, 4) is 0 Å². The van der Waals surface area contributed by atoms with Crippen LogP contribution in [0.5, 0.6) is 0 Å². The number of alkyl halides is 1. The predicted molar refractivity (Wildman–Crippen MR) is 82.1 cm³/mol. The summed E-state index contributed by atoms with van der Waals surface area (Å²) in [6.45, 7) is 5.48. The maximum absolute atomic E-state index is 12.1. The molecule has 3 aliphatic rings. The minimum Gasteiger partial charge on any atom is -0.482 e. The van der Waals surface area contributed by atoms with Crippen LogP contribution in [0, 0.1) is 16.7 Å². The molecule has 2 aliphatic carbocycles. The van der Waals surface area contributed by atoms with Gasteiger partial charge in [0.15, 0.2) is 10.6 Å². The fourth-order valence-electron chi connectivity index (χ4n) is 3.76. The van der Waals surface area contributed by atoms with Gasteiger partial charge in [-0.1, -0.05) is 29.8 Å². The van der Waals surface area contributed by atoms with Crippen molar-refractivity contribution in [2.75, 3.05) is 13.2 Å². The quantitative estimate of drug-likeness (QED) is 0.583. The van der Waals surface area contributed by atoms with Crippen molar-refractivity contribution in [2.24, 2.45) is 21.7 Å². The van der Waals surface area contributed by atoms with E-state index in [0.29, 0.717) is 12.8 Å². The molecule has 2 unspecified atom stereocenters. The SMILES string of the molecule is C1=NCCO1.CC1(C)C2CCC1([C@@H](Br)S(=O)(=O)O)C(=O)C2. The Bertz CT molecular complexity index is 553. The molecule has 8 heteroatoms. The largest absolute Gasteiger partial charge is 0.482 e. The molecule has 6 nitrogen and oxygen atoms in total. The van der Waals surface area contributed by atoms with E-state index in [1.54, 1.807) is 0 Å². The van der Waals surface area contributed by atoms with E-state index in [1.165, 1.54) is 6.40 Å². The van der Waals surface area contributed by atoms with Crippen LogP contribution in [-0.2, 0) is 19.6 Å². The van der Waals surface area contributed by atoms with E-state index in [-0.39, 0.29) is 17.1 Å². The fraction of sp³-hybridized carbons (Fsp3) is 0.846. The zero-order valence-corrected chi connectivity index (χ0v) is 14.5. The number of halogens is 1.